The minimum atomic E-state index is -0.0370. The van der Waals surface area contributed by atoms with Crippen molar-refractivity contribution in [3.05, 3.63) is 34.9 Å². The van der Waals surface area contributed by atoms with Crippen LogP contribution >= 0.6 is 0 Å². The van der Waals surface area contributed by atoms with Crippen molar-refractivity contribution in [3.63, 3.8) is 0 Å². The largest absolute Gasteiger partial charge is 0.349 e. The number of benzene rings is 1. The van der Waals surface area contributed by atoms with E-state index in [1.165, 1.54) is 0 Å². The quantitative estimate of drug-likeness (QED) is 0.790. The molecule has 1 aromatic rings. The van der Waals surface area contributed by atoms with E-state index in [9.17, 15) is 4.79 Å². The third-order valence-electron chi connectivity index (χ3n) is 2.52. The molecular weight excluding hydrogens is 188 g/mol. The molecule has 1 amide bonds. The predicted molar refractivity (Wildman–Crippen MR) is 56.4 cm³/mol. The van der Waals surface area contributed by atoms with Crippen LogP contribution in [0.15, 0.2) is 18.2 Å². The summed E-state index contributed by atoms with van der Waals surface area (Å²) in [6.07, 6.45) is 2.17. The summed E-state index contributed by atoms with van der Waals surface area (Å²) in [5, 5.41) is 11.7. The van der Waals surface area contributed by atoms with Crippen LogP contribution in [0.2, 0.25) is 0 Å². The summed E-state index contributed by atoms with van der Waals surface area (Å²) in [6.45, 7) is 1.84. The van der Waals surface area contributed by atoms with Crippen molar-refractivity contribution in [2.24, 2.45) is 0 Å². The Bertz CT molecular complexity index is 441. The van der Waals surface area contributed by atoms with Gasteiger partial charge in [0, 0.05) is 11.6 Å². The number of rotatable bonds is 2. The number of aryl methyl sites for hydroxylation is 1. The second-order valence-electron chi connectivity index (χ2n) is 3.89. The zero-order chi connectivity index (χ0) is 10.8. The number of hydrogen-bond acceptors (Lipinski definition) is 2. The van der Waals surface area contributed by atoms with Gasteiger partial charge < -0.3 is 5.32 Å². The summed E-state index contributed by atoms with van der Waals surface area (Å²) >= 11 is 0. The van der Waals surface area contributed by atoms with Gasteiger partial charge >= 0.3 is 0 Å². The van der Waals surface area contributed by atoms with Crippen molar-refractivity contribution in [2.45, 2.75) is 25.8 Å². The van der Waals surface area contributed by atoms with Crippen molar-refractivity contribution in [1.82, 2.24) is 5.32 Å². The van der Waals surface area contributed by atoms with Crippen LogP contribution in [-0.2, 0) is 0 Å². The maximum atomic E-state index is 11.7. The van der Waals surface area contributed by atoms with E-state index in [1.807, 2.05) is 6.92 Å². The molecule has 0 aliphatic heterocycles. The lowest BCUT2D eigenvalue weighted by molar-refractivity contribution is 0.0951. The smallest absolute Gasteiger partial charge is 0.251 e. The first-order valence-corrected chi connectivity index (χ1v) is 5.02. The lowest BCUT2D eigenvalue weighted by Gasteiger charge is -2.04. The normalized spacial score (nSPS) is 14.4. The highest BCUT2D eigenvalue weighted by atomic mass is 16.1. The molecule has 0 radical (unpaired) electrons. The van der Waals surface area contributed by atoms with Gasteiger partial charge in [0.2, 0.25) is 0 Å². The SMILES string of the molecule is Cc1cc(C(=O)NC2CC2)ccc1C#N. The Morgan fingerprint density at radius 2 is 2.27 bits per heavy atom. The van der Waals surface area contributed by atoms with Crippen LogP contribution in [0.25, 0.3) is 0 Å². The highest BCUT2D eigenvalue weighted by molar-refractivity contribution is 5.94. The highest BCUT2D eigenvalue weighted by Crippen LogP contribution is 2.19. The Morgan fingerprint density at radius 1 is 1.53 bits per heavy atom. The van der Waals surface area contributed by atoms with Crippen molar-refractivity contribution in [3.8, 4) is 6.07 Å². The molecule has 0 unspecified atom stereocenters. The second-order valence-corrected chi connectivity index (χ2v) is 3.89. The average Bonchev–Trinajstić information content (AvgIpc) is 3.01. The molecule has 1 aromatic carbocycles. The van der Waals surface area contributed by atoms with Crippen molar-refractivity contribution in [2.75, 3.05) is 0 Å². The van der Waals surface area contributed by atoms with E-state index in [0.29, 0.717) is 17.2 Å². The third kappa shape index (κ3) is 2.16. The van der Waals surface area contributed by atoms with Gasteiger partial charge in [-0.15, -0.1) is 0 Å². The zero-order valence-corrected chi connectivity index (χ0v) is 8.58. The van der Waals surface area contributed by atoms with E-state index in [1.54, 1.807) is 18.2 Å². The fourth-order valence-corrected chi connectivity index (χ4v) is 1.43. The minimum absolute atomic E-state index is 0.0370. The summed E-state index contributed by atoms with van der Waals surface area (Å²) in [6, 6.07) is 7.60. The Kier molecular flexibility index (Phi) is 2.42. The van der Waals surface area contributed by atoms with E-state index >= 15 is 0 Å². The molecule has 1 N–H and O–H groups in total. The van der Waals surface area contributed by atoms with Crippen LogP contribution in [0, 0.1) is 18.3 Å². The zero-order valence-electron chi connectivity index (χ0n) is 8.58. The molecule has 3 nitrogen and oxygen atoms in total. The van der Waals surface area contributed by atoms with Crippen LogP contribution in [-0.4, -0.2) is 11.9 Å². The molecule has 0 spiro atoms. The number of carbonyl (C=O) groups is 1. The van der Waals surface area contributed by atoms with Gasteiger partial charge in [-0.25, -0.2) is 0 Å². The number of nitrogens with one attached hydrogen (secondary N) is 1. The molecule has 0 aromatic heterocycles. The number of carbonyl (C=O) groups excluding carboxylic acids is 1. The van der Waals surface area contributed by atoms with Gasteiger partial charge in [0.15, 0.2) is 0 Å². The van der Waals surface area contributed by atoms with Crippen LogP contribution in [0.5, 0.6) is 0 Å². The number of hydrogen-bond donors (Lipinski definition) is 1. The van der Waals surface area contributed by atoms with E-state index < -0.39 is 0 Å². The summed E-state index contributed by atoms with van der Waals surface area (Å²) in [4.78, 5) is 11.7. The van der Waals surface area contributed by atoms with Crippen molar-refractivity contribution < 1.29 is 4.79 Å². The molecular formula is C12H12N2O. The maximum Gasteiger partial charge on any atom is 0.251 e. The Labute approximate surface area is 88.7 Å². The standard InChI is InChI=1S/C12H12N2O/c1-8-6-9(2-3-10(8)7-13)12(15)14-11-4-5-11/h2-3,6,11H,4-5H2,1H3,(H,14,15). The van der Waals surface area contributed by atoms with Gasteiger partial charge in [0.25, 0.3) is 5.91 Å². The first-order chi connectivity index (χ1) is 7.20. The molecule has 0 bridgehead atoms. The van der Waals surface area contributed by atoms with Crippen LogP contribution in [0.3, 0.4) is 0 Å². The molecule has 0 saturated heterocycles. The van der Waals surface area contributed by atoms with Crippen LogP contribution in [0.1, 0.15) is 34.3 Å². The molecule has 2 rings (SSSR count). The lowest BCUT2D eigenvalue weighted by atomic mass is 10.1. The van der Waals surface area contributed by atoms with Gasteiger partial charge in [0.1, 0.15) is 0 Å². The first kappa shape index (κ1) is 9.72. The lowest BCUT2D eigenvalue weighted by Crippen LogP contribution is -2.25. The molecule has 3 heteroatoms. The first-order valence-electron chi connectivity index (χ1n) is 5.02. The molecule has 15 heavy (non-hydrogen) atoms. The highest BCUT2D eigenvalue weighted by Gasteiger charge is 2.23. The molecule has 76 valence electrons. The van der Waals surface area contributed by atoms with Crippen LogP contribution in [0.4, 0.5) is 0 Å². The number of amides is 1. The summed E-state index contributed by atoms with van der Waals surface area (Å²) in [5.41, 5.74) is 2.11. The van der Waals surface area contributed by atoms with E-state index in [2.05, 4.69) is 11.4 Å². The van der Waals surface area contributed by atoms with Gasteiger partial charge in [0.05, 0.1) is 11.6 Å². The Balaban J connectivity index is 2.18. The third-order valence-corrected chi connectivity index (χ3v) is 2.52. The van der Waals surface area contributed by atoms with E-state index in [-0.39, 0.29) is 5.91 Å². The fourth-order valence-electron chi connectivity index (χ4n) is 1.43. The predicted octanol–water partition coefficient (Wildman–Crippen LogP) is 1.76. The Hall–Kier alpha value is -1.82. The van der Waals surface area contributed by atoms with Gasteiger partial charge in [-0.1, -0.05) is 0 Å². The number of nitriles is 1. The molecule has 1 aliphatic rings. The number of nitrogens with zero attached hydrogens (tertiary/aromatic N) is 1. The Morgan fingerprint density at radius 3 is 2.80 bits per heavy atom. The van der Waals surface area contributed by atoms with E-state index in [0.717, 1.165) is 18.4 Å². The summed E-state index contributed by atoms with van der Waals surface area (Å²) in [5.74, 6) is -0.0370. The van der Waals surface area contributed by atoms with Crippen molar-refractivity contribution >= 4 is 5.91 Å². The average molecular weight is 200 g/mol. The minimum Gasteiger partial charge on any atom is -0.349 e. The van der Waals surface area contributed by atoms with Gasteiger partial charge in [-0.2, -0.15) is 5.26 Å². The summed E-state index contributed by atoms with van der Waals surface area (Å²) in [7, 11) is 0. The molecule has 1 fully saturated rings. The summed E-state index contributed by atoms with van der Waals surface area (Å²) < 4.78 is 0. The molecule has 0 atom stereocenters. The topological polar surface area (TPSA) is 52.9 Å². The van der Waals surface area contributed by atoms with Gasteiger partial charge in [-0.05, 0) is 43.5 Å². The van der Waals surface area contributed by atoms with Gasteiger partial charge in [-0.3, -0.25) is 4.79 Å². The van der Waals surface area contributed by atoms with Crippen LogP contribution < -0.4 is 5.32 Å². The molecule has 1 saturated carbocycles. The second kappa shape index (κ2) is 3.74. The van der Waals surface area contributed by atoms with E-state index in [4.69, 9.17) is 5.26 Å². The molecule has 1 aliphatic carbocycles. The molecule has 0 heterocycles. The maximum absolute atomic E-state index is 11.7. The fraction of sp³-hybridized carbons (Fsp3) is 0.333. The monoisotopic (exact) mass is 200 g/mol. The van der Waals surface area contributed by atoms with Crippen molar-refractivity contribution in [1.29, 1.82) is 5.26 Å².